The first kappa shape index (κ1) is 12.5. The Kier molecular flexibility index (Phi) is 4.28. The highest BCUT2D eigenvalue weighted by Gasteiger charge is 2.31. The van der Waals surface area contributed by atoms with Crippen molar-refractivity contribution in [2.24, 2.45) is 5.73 Å². The Labute approximate surface area is 94.2 Å². The van der Waals surface area contributed by atoms with E-state index in [0.717, 1.165) is 6.42 Å². The molecule has 6 nitrogen and oxygen atoms in total. The molecule has 0 aromatic rings. The first-order chi connectivity index (χ1) is 7.56. The number of likely N-dealkylation sites (tertiary alicyclic amines) is 1. The van der Waals surface area contributed by atoms with Gasteiger partial charge in [-0.2, -0.15) is 0 Å². The molecule has 1 aliphatic heterocycles. The maximum Gasteiger partial charge on any atom is 0.243 e. The van der Waals surface area contributed by atoms with Gasteiger partial charge in [-0.3, -0.25) is 14.4 Å². The van der Waals surface area contributed by atoms with E-state index in [1.165, 1.54) is 0 Å². The van der Waals surface area contributed by atoms with Gasteiger partial charge in [-0.15, -0.1) is 0 Å². The Hall–Kier alpha value is -1.59. The second kappa shape index (κ2) is 5.48. The molecule has 0 aromatic carbocycles. The van der Waals surface area contributed by atoms with E-state index >= 15 is 0 Å². The Morgan fingerprint density at radius 2 is 2.25 bits per heavy atom. The monoisotopic (exact) mass is 227 g/mol. The molecule has 1 aliphatic rings. The lowest BCUT2D eigenvalue weighted by Gasteiger charge is -2.25. The maximum absolute atomic E-state index is 11.7. The van der Waals surface area contributed by atoms with Gasteiger partial charge in [-0.25, -0.2) is 0 Å². The van der Waals surface area contributed by atoms with Gasteiger partial charge < -0.3 is 16.0 Å². The molecule has 3 amide bonds. The lowest BCUT2D eigenvalue weighted by atomic mass is 10.2. The molecule has 0 aliphatic carbocycles. The smallest absolute Gasteiger partial charge is 0.243 e. The van der Waals surface area contributed by atoms with Crippen molar-refractivity contribution in [3.63, 3.8) is 0 Å². The first-order valence-electron chi connectivity index (χ1n) is 5.41. The zero-order chi connectivity index (χ0) is 12.1. The number of carbonyl (C=O) groups excluding carboxylic acids is 3. The van der Waals surface area contributed by atoms with Crippen LogP contribution in [0.15, 0.2) is 0 Å². The molecule has 6 heteroatoms. The second-order valence-corrected chi connectivity index (χ2v) is 3.80. The van der Waals surface area contributed by atoms with Gasteiger partial charge in [-0.05, 0) is 12.8 Å². The second-order valence-electron chi connectivity index (χ2n) is 3.80. The van der Waals surface area contributed by atoms with Crippen LogP contribution in [0.3, 0.4) is 0 Å². The van der Waals surface area contributed by atoms with Crippen LogP contribution in [0.2, 0.25) is 0 Å². The highest BCUT2D eigenvalue weighted by molar-refractivity contribution is 5.90. The Bertz CT molecular complexity index is 304. The number of rotatable bonds is 5. The molecule has 0 bridgehead atoms. The minimum Gasteiger partial charge on any atom is -0.368 e. The summed E-state index contributed by atoms with van der Waals surface area (Å²) in [5.41, 5.74) is 4.93. The summed E-state index contributed by atoms with van der Waals surface area (Å²) >= 11 is 0. The van der Waals surface area contributed by atoms with Crippen LogP contribution in [0.4, 0.5) is 0 Å². The van der Waals surface area contributed by atoms with E-state index in [2.05, 4.69) is 5.32 Å². The van der Waals surface area contributed by atoms with E-state index in [1.807, 2.05) is 6.92 Å². The molecule has 0 spiro atoms. The van der Waals surface area contributed by atoms with Crippen molar-refractivity contribution in [2.75, 3.05) is 13.1 Å². The van der Waals surface area contributed by atoms with Crippen LogP contribution in [-0.2, 0) is 14.4 Å². The summed E-state index contributed by atoms with van der Waals surface area (Å²) in [4.78, 5) is 35.3. The van der Waals surface area contributed by atoms with Gasteiger partial charge in [0.2, 0.25) is 17.7 Å². The van der Waals surface area contributed by atoms with Crippen LogP contribution in [0.1, 0.15) is 26.2 Å². The van der Waals surface area contributed by atoms with Crippen LogP contribution < -0.4 is 11.1 Å². The number of nitrogens with two attached hydrogens (primary N) is 1. The molecule has 1 atom stereocenters. The lowest BCUT2D eigenvalue weighted by molar-refractivity contribution is -0.137. The predicted molar refractivity (Wildman–Crippen MR) is 57.2 cm³/mol. The molecule has 1 unspecified atom stereocenters. The molecule has 1 heterocycles. The number of primary amides is 1. The largest absolute Gasteiger partial charge is 0.368 e. The third-order valence-corrected chi connectivity index (χ3v) is 2.61. The molecule has 0 saturated carbocycles. The van der Waals surface area contributed by atoms with Gasteiger partial charge in [-0.1, -0.05) is 6.92 Å². The third-order valence-electron chi connectivity index (χ3n) is 2.61. The van der Waals surface area contributed by atoms with E-state index in [1.54, 1.807) is 4.90 Å². The first-order valence-corrected chi connectivity index (χ1v) is 5.41. The maximum atomic E-state index is 11.7. The summed E-state index contributed by atoms with van der Waals surface area (Å²) in [5, 5.41) is 2.42. The normalized spacial score (nSPS) is 17.3. The minimum absolute atomic E-state index is 0.000995. The zero-order valence-electron chi connectivity index (χ0n) is 9.36. The van der Waals surface area contributed by atoms with Crippen molar-refractivity contribution in [1.29, 1.82) is 0 Å². The summed E-state index contributed by atoms with van der Waals surface area (Å²) in [6.45, 7) is 2.26. The quantitative estimate of drug-likeness (QED) is 0.630. The molecule has 0 radical (unpaired) electrons. The highest BCUT2D eigenvalue weighted by Crippen LogP contribution is 2.15. The van der Waals surface area contributed by atoms with E-state index in [-0.39, 0.29) is 18.4 Å². The van der Waals surface area contributed by atoms with Crippen LogP contribution in [-0.4, -0.2) is 41.8 Å². The number of nitrogens with one attached hydrogen (secondary N) is 1. The van der Waals surface area contributed by atoms with Crippen LogP contribution in [0.25, 0.3) is 0 Å². The minimum atomic E-state index is -0.587. The Morgan fingerprint density at radius 3 is 2.69 bits per heavy atom. The van der Waals surface area contributed by atoms with Gasteiger partial charge in [0, 0.05) is 13.0 Å². The number of carbonyl (C=O) groups is 3. The lowest BCUT2D eigenvalue weighted by Crippen LogP contribution is -2.48. The number of hydrogen-bond acceptors (Lipinski definition) is 3. The summed E-state index contributed by atoms with van der Waals surface area (Å²) in [5.74, 6) is -0.895. The highest BCUT2D eigenvalue weighted by atomic mass is 16.2. The van der Waals surface area contributed by atoms with Crippen molar-refractivity contribution < 1.29 is 14.4 Å². The van der Waals surface area contributed by atoms with Crippen molar-refractivity contribution in [1.82, 2.24) is 10.2 Å². The Morgan fingerprint density at radius 1 is 1.56 bits per heavy atom. The molecule has 0 aromatic heterocycles. The van der Waals surface area contributed by atoms with Gasteiger partial charge in [0.25, 0.3) is 0 Å². The van der Waals surface area contributed by atoms with Crippen molar-refractivity contribution in [3.8, 4) is 0 Å². The molecule has 3 N–H and O–H groups in total. The topological polar surface area (TPSA) is 92.5 Å². The zero-order valence-corrected chi connectivity index (χ0v) is 9.36. The predicted octanol–water partition coefficient (Wildman–Crippen LogP) is -1.01. The fourth-order valence-corrected chi connectivity index (χ4v) is 1.84. The summed E-state index contributed by atoms with van der Waals surface area (Å²) in [6.07, 6.45) is 1.83. The standard InChI is InChI=1S/C10H17N3O3/c1-2-7(10(16)12-6-8(11)14)13-5-3-4-9(13)15/h7H,2-6H2,1H3,(H2,11,14)(H,12,16). The summed E-state index contributed by atoms with van der Waals surface area (Å²) in [6, 6.07) is -0.477. The van der Waals surface area contributed by atoms with E-state index in [4.69, 9.17) is 5.73 Å². The van der Waals surface area contributed by atoms with Crippen LogP contribution in [0.5, 0.6) is 0 Å². The van der Waals surface area contributed by atoms with E-state index in [0.29, 0.717) is 19.4 Å². The van der Waals surface area contributed by atoms with Crippen molar-refractivity contribution in [2.45, 2.75) is 32.2 Å². The third kappa shape index (κ3) is 2.95. The molecular formula is C10H17N3O3. The van der Waals surface area contributed by atoms with Gasteiger partial charge in [0.15, 0.2) is 0 Å². The SMILES string of the molecule is CCC(C(=O)NCC(N)=O)N1CCCC1=O. The number of nitrogens with zero attached hydrogens (tertiary/aromatic N) is 1. The fourth-order valence-electron chi connectivity index (χ4n) is 1.84. The molecule has 90 valence electrons. The van der Waals surface area contributed by atoms with Crippen molar-refractivity contribution >= 4 is 17.7 Å². The van der Waals surface area contributed by atoms with E-state index < -0.39 is 11.9 Å². The summed E-state index contributed by atoms with van der Waals surface area (Å²) < 4.78 is 0. The van der Waals surface area contributed by atoms with Gasteiger partial charge in [0.05, 0.1) is 6.54 Å². The van der Waals surface area contributed by atoms with Gasteiger partial charge >= 0.3 is 0 Å². The van der Waals surface area contributed by atoms with Crippen molar-refractivity contribution in [3.05, 3.63) is 0 Å². The molecular weight excluding hydrogens is 210 g/mol. The Balaban J connectivity index is 2.55. The fraction of sp³-hybridized carbons (Fsp3) is 0.700. The van der Waals surface area contributed by atoms with Crippen LogP contribution >= 0.6 is 0 Å². The molecule has 1 rings (SSSR count). The average Bonchev–Trinajstić information content (AvgIpc) is 2.63. The summed E-state index contributed by atoms with van der Waals surface area (Å²) in [7, 11) is 0. The van der Waals surface area contributed by atoms with Gasteiger partial charge in [0.1, 0.15) is 6.04 Å². The van der Waals surface area contributed by atoms with Crippen LogP contribution in [0, 0.1) is 0 Å². The van der Waals surface area contributed by atoms with E-state index in [9.17, 15) is 14.4 Å². The molecule has 1 saturated heterocycles. The number of hydrogen-bond donors (Lipinski definition) is 2. The number of amides is 3. The molecule has 1 fully saturated rings. The molecule has 16 heavy (non-hydrogen) atoms. The average molecular weight is 227 g/mol.